The van der Waals surface area contributed by atoms with E-state index in [9.17, 15) is 4.79 Å². The molecule has 10 fully saturated rings. The van der Waals surface area contributed by atoms with E-state index in [4.69, 9.17) is 0 Å². The van der Waals surface area contributed by atoms with Gasteiger partial charge in [-0.15, -0.1) is 0 Å². The molecule has 0 aromatic carbocycles. The summed E-state index contributed by atoms with van der Waals surface area (Å²) in [5, 5.41) is 0. The summed E-state index contributed by atoms with van der Waals surface area (Å²) >= 11 is 0. The summed E-state index contributed by atoms with van der Waals surface area (Å²) in [6.45, 7) is 1.93. The third-order valence-electron chi connectivity index (χ3n) is 10.5. The van der Waals surface area contributed by atoms with Crippen molar-refractivity contribution in [1.82, 2.24) is 0 Å². The molecular weight excluding hydrogens is 256 g/mol. The van der Waals surface area contributed by atoms with Crippen LogP contribution in [0.1, 0.15) is 51.9 Å². The Morgan fingerprint density at radius 3 is 2.05 bits per heavy atom. The molecule has 10 aliphatic carbocycles. The summed E-state index contributed by atoms with van der Waals surface area (Å²) in [5.41, 5.74) is 0.818. The lowest BCUT2D eigenvalue weighted by Crippen LogP contribution is -2.79. The van der Waals surface area contributed by atoms with Crippen molar-refractivity contribution in [1.29, 1.82) is 0 Å². The van der Waals surface area contributed by atoms with Crippen LogP contribution in [0, 0.1) is 64.1 Å². The molecular formula is C20H26O. The Morgan fingerprint density at radius 2 is 1.43 bits per heavy atom. The van der Waals surface area contributed by atoms with E-state index in [0.29, 0.717) is 11.2 Å². The lowest BCUT2D eigenvalue weighted by molar-refractivity contribution is -0.357. The van der Waals surface area contributed by atoms with Crippen LogP contribution >= 0.6 is 0 Å². The molecule has 10 aliphatic rings. The van der Waals surface area contributed by atoms with Crippen LogP contribution in [0.2, 0.25) is 0 Å². The van der Waals surface area contributed by atoms with Gasteiger partial charge in [-0.25, -0.2) is 0 Å². The molecule has 1 nitrogen and oxygen atoms in total. The fourth-order valence-corrected chi connectivity index (χ4v) is 10.8. The van der Waals surface area contributed by atoms with Gasteiger partial charge in [0.05, 0.1) is 0 Å². The van der Waals surface area contributed by atoms with Gasteiger partial charge in [0.25, 0.3) is 0 Å². The van der Waals surface area contributed by atoms with Gasteiger partial charge in [0.15, 0.2) is 0 Å². The first-order chi connectivity index (χ1) is 10.1. The minimum atomic E-state index is 0.150. The van der Waals surface area contributed by atoms with E-state index in [-0.39, 0.29) is 5.41 Å². The van der Waals surface area contributed by atoms with Crippen molar-refractivity contribution < 1.29 is 4.79 Å². The van der Waals surface area contributed by atoms with Crippen molar-refractivity contribution in [3.05, 3.63) is 0 Å². The first kappa shape index (κ1) is 11.2. The molecule has 10 rings (SSSR count). The maximum Gasteiger partial charge on any atom is 0.136 e. The second-order valence-electron chi connectivity index (χ2n) is 10.5. The third kappa shape index (κ3) is 0.899. The number of hydrogen-bond donors (Lipinski definition) is 0. The van der Waals surface area contributed by atoms with Crippen LogP contribution in [0.5, 0.6) is 0 Å². The molecule has 0 N–H and O–H groups in total. The topological polar surface area (TPSA) is 17.1 Å². The van der Waals surface area contributed by atoms with Crippen molar-refractivity contribution >= 4 is 5.78 Å². The molecule has 0 amide bonds. The largest absolute Gasteiger partial charge is 0.299 e. The van der Waals surface area contributed by atoms with E-state index in [0.717, 1.165) is 53.3 Å². The number of ketones is 1. The molecule has 6 atom stereocenters. The third-order valence-corrected chi connectivity index (χ3v) is 10.5. The van der Waals surface area contributed by atoms with Gasteiger partial charge in [-0.2, -0.15) is 0 Å². The lowest BCUT2D eigenvalue weighted by Gasteiger charge is -2.84. The number of carbonyl (C=O) groups excluding carboxylic acids is 1. The second-order valence-corrected chi connectivity index (χ2v) is 10.5. The second kappa shape index (κ2) is 2.89. The highest BCUT2D eigenvalue weighted by Crippen LogP contribution is 2.86. The van der Waals surface area contributed by atoms with Crippen molar-refractivity contribution in [2.45, 2.75) is 51.9 Å². The molecule has 112 valence electrons. The Balaban J connectivity index is 1.51. The Morgan fingerprint density at radius 1 is 0.810 bits per heavy atom. The maximum absolute atomic E-state index is 12.6. The summed E-state index contributed by atoms with van der Waals surface area (Å²) in [4.78, 5) is 12.6. The average molecular weight is 282 g/mol. The van der Waals surface area contributed by atoms with Gasteiger partial charge >= 0.3 is 0 Å². The van der Waals surface area contributed by atoms with Gasteiger partial charge in [0.2, 0.25) is 0 Å². The van der Waals surface area contributed by atoms with E-state index in [2.05, 4.69) is 0 Å². The Kier molecular flexibility index (Phi) is 1.55. The zero-order valence-corrected chi connectivity index (χ0v) is 13.1. The van der Waals surface area contributed by atoms with E-state index < -0.39 is 0 Å². The van der Waals surface area contributed by atoms with Crippen molar-refractivity contribution in [2.75, 3.05) is 0 Å². The molecule has 0 aliphatic heterocycles. The lowest BCUT2D eigenvalue weighted by atomic mass is 9.20. The predicted octanol–water partition coefficient (Wildman–Crippen LogP) is 3.92. The highest BCUT2D eigenvalue weighted by Gasteiger charge is 2.80. The standard InChI is InChI=1S/C20H26O/c1-9(21)19-6-15-12-4-11-13-2-10-3-14(11)18(16(12)7-19)20(5-10,8-19)17(13)15/h10-18H,2-8H2,1H3. The first-order valence-corrected chi connectivity index (χ1v) is 9.64. The van der Waals surface area contributed by atoms with E-state index in [1.807, 2.05) is 6.92 Å². The number of rotatable bonds is 1. The summed E-state index contributed by atoms with van der Waals surface area (Å²) < 4.78 is 0. The van der Waals surface area contributed by atoms with Crippen LogP contribution in [0.15, 0.2) is 0 Å². The smallest absolute Gasteiger partial charge is 0.136 e. The molecule has 0 radical (unpaired) electrons. The van der Waals surface area contributed by atoms with Crippen LogP contribution in [0.4, 0.5) is 0 Å². The Hall–Kier alpha value is -0.330. The molecule has 21 heavy (non-hydrogen) atoms. The van der Waals surface area contributed by atoms with Crippen LogP contribution in [-0.4, -0.2) is 5.78 Å². The monoisotopic (exact) mass is 282 g/mol. The molecule has 0 aromatic heterocycles. The molecule has 1 heteroatoms. The van der Waals surface area contributed by atoms with Gasteiger partial charge < -0.3 is 0 Å². The van der Waals surface area contributed by atoms with E-state index >= 15 is 0 Å². The fraction of sp³-hybridized carbons (Fsp3) is 0.950. The van der Waals surface area contributed by atoms with Crippen LogP contribution in [0.3, 0.4) is 0 Å². The van der Waals surface area contributed by atoms with E-state index in [1.165, 1.54) is 25.7 Å². The maximum atomic E-state index is 12.6. The molecule has 10 saturated carbocycles. The predicted molar refractivity (Wildman–Crippen MR) is 79.3 cm³/mol. The summed E-state index contributed by atoms with van der Waals surface area (Å²) in [6.07, 6.45) is 10.2. The quantitative estimate of drug-likeness (QED) is 0.712. The van der Waals surface area contributed by atoms with Crippen LogP contribution in [-0.2, 0) is 4.79 Å². The molecule has 11 bridgehead atoms. The highest BCUT2D eigenvalue weighted by atomic mass is 16.1. The molecule has 0 saturated heterocycles. The normalized spacial score (nSPS) is 73.7. The van der Waals surface area contributed by atoms with Crippen molar-refractivity contribution in [3.63, 3.8) is 0 Å². The van der Waals surface area contributed by atoms with Crippen LogP contribution in [0.25, 0.3) is 0 Å². The Labute approximate surface area is 127 Å². The van der Waals surface area contributed by atoms with Gasteiger partial charge in [0, 0.05) is 5.41 Å². The minimum Gasteiger partial charge on any atom is -0.299 e. The van der Waals surface area contributed by atoms with Crippen molar-refractivity contribution in [3.8, 4) is 0 Å². The fourth-order valence-electron chi connectivity index (χ4n) is 10.8. The highest BCUT2D eigenvalue weighted by molar-refractivity contribution is 5.83. The minimum absolute atomic E-state index is 0.150. The van der Waals surface area contributed by atoms with Crippen molar-refractivity contribution in [2.24, 2.45) is 64.1 Å². The average Bonchev–Trinajstić information content (AvgIpc) is 2.44. The number of Topliss-reactive ketones (excluding diaryl/α,β-unsaturated/α-hetero) is 1. The summed E-state index contributed by atoms with van der Waals surface area (Å²) in [6, 6.07) is 0. The molecule has 6 unspecified atom stereocenters. The number of carbonyl (C=O) groups is 1. The molecule has 0 aromatic rings. The molecule has 1 spiro atoms. The first-order valence-electron chi connectivity index (χ1n) is 9.64. The number of hydrogen-bond acceptors (Lipinski definition) is 1. The Bertz CT molecular complexity index is 559. The van der Waals surface area contributed by atoms with Gasteiger partial charge in [-0.3, -0.25) is 4.79 Å². The van der Waals surface area contributed by atoms with Crippen LogP contribution < -0.4 is 0 Å². The SMILES string of the molecule is CC(=O)C12CC3C4CC5C6CC7CC5C(C4C1)C(C7)(C2)C63. The zero-order valence-electron chi connectivity index (χ0n) is 13.1. The van der Waals surface area contributed by atoms with Gasteiger partial charge in [0.1, 0.15) is 5.78 Å². The zero-order chi connectivity index (χ0) is 13.7. The molecule has 0 heterocycles. The van der Waals surface area contributed by atoms with E-state index in [1.54, 1.807) is 19.3 Å². The summed E-state index contributed by atoms with van der Waals surface area (Å²) in [7, 11) is 0. The van der Waals surface area contributed by atoms with Gasteiger partial charge in [-0.1, -0.05) is 0 Å². The van der Waals surface area contributed by atoms with Gasteiger partial charge in [-0.05, 0) is 111 Å². The summed E-state index contributed by atoms with van der Waals surface area (Å²) in [5.74, 6) is 10.1.